The van der Waals surface area contributed by atoms with Crippen molar-refractivity contribution in [1.29, 1.82) is 0 Å². The lowest BCUT2D eigenvalue weighted by molar-refractivity contribution is -0.134. The first kappa shape index (κ1) is 15.9. The summed E-state index contributed by atoms with van der Waals surface area (Å²) in [4.78, 5) is 31.7. The molecule has 0 saturated carbocycles. The van der Waals surface area contributed by atoms with Crippen molar-refractivity contribution in [2.45, 2.75) is 52.6 Å². The smallest absolute Gasteiger partial charge is 0.245 e. The first-order valence-corrected chi connectivity index (χ1v) is 8.33. The number of aryl methyl sites for hydroxylation is 1. The van der Waals surface area contributed by atoms with Crippen molar-refractivity contribution < 1.29 is 9.59 Å². The van der Waals surface area contributed by atoms with E-state index in [0.717, 1.165) is 11.4 Å². The molecule has 1 aliphatic rings. The molecular weight excluding hydrogens is 286 g/mol. The Hall–Kier alpha value is -1.43. The molecule has 0 aliphatic carbocycles. The molecule has 1 aromatic rings. The van der Waals surface area contributed by atoms with E-state index in [-0.39, 0.29) is 11.8 Å². The number of hydrogen-bond acceptors (Lipinski definition) is 4. The molecule has 6 heteroatoms. The van der Waals surface area contributed by atoms with E-state index in [2.05, 4.69) is 31.1 Å². The monoisotopic (exact) mass is 309 g/mol. The summed E-state index contributed by atoms with van der Waals surface area (Å²) in [6, 6.07) is -0.398. The zero-order valence-electron chi connectivity index (χ0n) is 12.9. The van der Waals surface area contributed by atoms with Crippen molar-refractivity contribution >= 4 is 23.2 Å². The van der Waals surface area contributed by atoms with Crippen molar-refractivity contribution in [2.24, 2.45) is 5.92 Å². The molecule has 1 aromatic heterocycles. The number of thiazole rings is 1. The Bertz CT molecular complexity index is 513. The van der Waals surface area contributed by atoms with E-state index in [1.165, 1.54) is 4.88 Å². The average molecular weight is 309 g/mol. The van der Waals surface area contributed by atoms with E-state index in [0.29, 0.717) is 31.8 Å². The fourth-order valence-corrected chi connectivity index (χ4v) is 3.31. The summed E-state index contributed by atoms with van der Waals surface area (Å²) in [5.74, 6) is 0.346. The summed E-state index contributed by atoms with van der Waals surface area (Å²) < 4.78 is 0. The van der Waals surface area contributed by atoms with E-state index < -0.39 is 6.04 Å². The van der Waals surface area contributed by atoms with E-state index in [9.17, 15) is 9.59 Å². The van der Waals surface area contributed by atoms with Crippen LogP contribution >= 0.6 is 11.3 Å². The van der Waals surface area contributed by atoms with Gasteiger partial charge in [0.15, 0.2) is 0 Å². The van der Waals surface area contributed by atoms with Gasteiger partial charge in [0.25, 0.3) is 0 Å². The lowest BCUT2D eigenvalue weighted by Crippen LogP contribution is -2.45. The van der Waals surface area contributed by atoms with Crippen LogP contribution in [0.2, 0.25) is 0 Å². The number of hydrogen-bond donors (Lipinski definition) is 1. The van der Waals surface area contributed by atoms with E-state index >= 15 is 0 Å². The van der Waals surface area contributed by atoms with Crippen molar-refractivity contribution in [2.75, 3.05) is 6.54 Å². The molecule has 1 saturated heterocycles. The maximum Gasteiger partial charge on any atom is 0.245 e. The minimum atomic E-state index is -0.398. The van der Waals surface area contributed by atoms with Gasteiger partial charge in [-0.2, -0.15) is 0 Å². The van der Waals surface area contributed by atoms with Crippen LogP contribution in [0.4, 0.5) is 0 Å². The molecule has 1 aliphatic heterocycles. The third-order valence-corrected chi connectivity index (χ3v) is 4.66. The highest BCUT2D eigenvalue weighted by molar-refractivity contribution is 7.11. The second kappa shape index (κ2) is 7.02. The van der Waals surface area contributed by atoms with Crippen LogP contribution in [0.1, 0.15) is 43.5 Å². The molecule has 0 spiro atoms. The van der Waals surface area contributed by atoms with Crippen LogP contribution in [0, 0.1) is 5.92 Å². The Morgan fingerprint density at radius 1 is 1.48 bits per heavy atom. The van der Waals surface area contributed by atoms with E-state index in [1.807, 2.05) is 6.20 Å². The molecule has 116 valence electrons. The summed E-state index contributed by atoms with van der Waals surface area (Å²) in [6.45, 7) is 7.19. The quantitative estimate of drug-likeness (QED) is 0.904. The number of aromatic nitrogens is 1. The first-order chi connectivity index (χ1) is 9.99. The Morgan fingerprint density at radius 3 is 2.86 bits per heavy atom. The SMILES string of the molecule is CCc1cnc(CN2CCC(=O)NC(CC(C)C)C2=O)s1. The minimum Gasteiger partial charge on any atom is -0.344 e. The topological polar surface area (TPSA) is 62.3 Å². The molecule has 0 bridgehead atoms. The molecule has 2 heterocycles. The van der Waals surface area contributed by atoms with Gasteiger partial charge in [-0.05, 0) is 18.8 Å². The molecule has 2 rings (SSSR count). The highest BCUT2D eigenvalue weighted by atomic mass is 32.1. The largest absolute Gasteiger partial charge is 0.344 e. The third-order valence-electron chi connectivity index (χ3n) is 3.54. The van der Waals surface area contributed by atoms with Crippen LogP contribution in [-0.2, 0) is 22.6 Å². The summed E-state index contributed by atoms with van der Waals surface area (Å²) in [6.07, 6.45) is 3.88. The predicted octanol–water partition coefficient (Wildman–Crippen LogP) is 1.97. The van der Waals surface area contributed by atoms with Gasteiger partial charge >= 0.3 is 0 Å². The number of carbonyl (C=O) groups is 2. The van der Waals surface area contributed by atoms with Crippen molar-refractivity contribution in [3.8, 4) is 0 Å². The molecule has 1 atom stereocenters. The molecule has 2 amide bonds. The number of rotatable bonds is 5. The van der Waals surface area contributed by atoms with Crippen LogP contribution in [0.3, 0.4) is 0 Å². The summed E-state index contributed by atoms with van der Waals surface area (Å²) in [5, 5.41) is 3.79. The van der Waals surface area contributed by atoms with Crippen molar-refractivity contribution in [3.63, 3.8) is 0 Å². The van der Waals surface area contributed by atoms with Gasteiger partial charge in [-0.3, -0.25) is 9.59 Å². The molecule has 1 unspecified atom stereocenters. The molecule has 0 aromatic carbocycles. The molecule has 1 fully saturated rings. The third kappa shape index (κ3) is 4.27. The van der Waals surface area contributed by atoms with Crippen LogP contribution in [0.25, 0.3) is 0 Å². The zero-order valence-corrected chi connectivity index (χ0v) is 13.7. The standard InChI is InChI=1S/C15H23N3O2S/c1-4-11-8-16-14(21-11)9-18-6-5-13(19)17-12(15(18)20)7-10(2)3/h8,10,12H,4-7,9H2,1-3H3,(H,17,19). The van der Waals surface area contributed by atoms with Gasteiger partial charge in [0, 0.05) is 24.0 Å². The highest BCUT2D eigenvalue weighted by Gasteiger charge is 2.30. The van der Waals surface area contributed by atoms with Crippen molar-refractivity contribution in [3.05, 3.63) is 16.1 Å². The first-order valence-electron chi connectivity index (χ1n) is 7.51. The molecular formula is C15H23N3O2S. The number of carbonyl (C=O) groups excluding carboxylic acids is 2. The van der Waals surface area contributed by atoms with E-state index in [1.54, 1.807) is 16.2 Å². The van der Waals surface area contributed by atoms with Crippen LogP contribution in [0.15, 0.2) is 6.20 Å². The fraction of sp³-hybridized carbons (Fsp3) is 0.667. The number of amides is 2. The summed E-state index contributed by atoms with van der Waals surface area (Å²) in [7, 11) is 0. The number of nitrogens with zero attached hydrogens (tertiary/aromatic N) is 2. The van der Waals surface area contributed by atoms with Gasteiger partial charge in [0.2, 0.25) is 11.8 Å². The Balaban J connectivity index is 2.09. The summed E-state index contributed by atoms with van der Waals surface area (Å²) >= 11 is 1.64. The fourth-order valence-electron chi connectivity index (χ4n) is 2.43. The van der Waals surface area contributed by atoms with Crippen LogP contribution in [0.5, 0.6) is 0 Å². The summed E-state index contributed by atoms with van der Waals surface area (Å²) in [5.41, 5.74) is 0. The molecule has 5 nitrogen and oxygen atoms in total. The van der Waals surface area contributed by atoms with Crippen LogP contribution < -0.4 is 5.32 Å². The second-order valence-corrected chi connectivity index (χ2v) is 7.03. The predicted molar refractivity (Wildman–Crippen MR) is 82.9 cm³/mol. The zero-order chi connectivity index (χ0) is 15.4. The number of nitrogens with one attached hydrogen (secondary N) is 1. The van der Waals surface area contributed by atoms with Gasteiger partial charge < -0.3 is 10.2 Å². The van der Waals surface area contributed by atoms with Gasteiger partial charge in [0.05, 0.1) is 6.54 Å². The minimum absolute atomic E-state index is 0.0165. The molecule has 0 radical (unpaired) electrons. The van der Waals surface area contributed by atoms with E-state index in [4.69, 9.17) is 0 Å². The van der Waals surface area contributed by atoms with Gasteiger partial charge in [0.1, 0.15) is 11.0 Å². The van der Waals surface area contributed by atoms with Gasteiger partial charge in [-0.15, -0.1) is 11.3 Å². The maximum absolute atomic E-state index is 12.6. The average Bonchev–Trinajstić information content (AvgIpc) is 2.84. The Kier molecular flexibility index (Phi) is 5.33. The van der Waals surface area contributed by atoms with Gasteiger partial charge in [-0.1, -0.05) is 20.8 Å². The van der Waals surface area contributed by atoms with Gasteiger partial charge in [-0.25, -0.2) is 4.98 Å². The Labute approximate surface area is 129 Å². The van der Waals surface area contributed by atoms with Crippen molar-refractivity contribution in [1.82, 2.24) is 15.2 Å². The Morgan fingerprint density at radius 2 is 2.24 bits per heavy atom. The lowest BCUT2D eigenvalue weighted by Gasteiger charge is -2.24. The molecule has 21 heavy (non-hydrogen) atoms. The van der Waals surface area contributed by atoms with Crippen LogP contribution in [-0.4, -0.2) is 34.3 Å². The normalized spacial score (nSPS) is 19.8. The highest BCUT2D eigenvalue weighted by Crippen LogP contribution is 2.18. The maximum atomic E-state index is 12.6. The second-order valence-electron chi connectivity index (χ2n) is 5.83. The molecule has 1 N–H and O–H groups in total. The lowest BCUT2D eigenvalue weighted by atomic mass is 10.0.